The number of fused-ring (bicyclic) bond motifs is 1. The molecule has 2 aromatic carbocycles. The highest BCUT2D eigenvalue weighted by Crippen LogP contribution is 2.36. The maximum Gasteiger partial charge on any atom is 0.131 e. The van der Waals surface area contributed by atoms with Crippen LogP contribution in [0.1, 0.15) is 11.1 Å². The zero-order valence-corrected chi connectivity index (χ0v) is 11.8. The second kappa shape index (κ2) is 4.94. The molecule has 0 amide bonds. The zero-order valence-electron chi connectivity index (χ0n) is 10.2. The van der Waals surface area contributed by atoms with Gasteiger partial charge in [0.1, 0.15) is 11.6 Å². The quantitative estimate of drug-likeness (QED) is 0.916. The van der Waals surface area contributed by atoms with Crippen molar-refractivity contribution in [3.63, 3.8) is 0 Å². The van der Waals surface area contributed by atoms with E-state index in [1.54, 1.807) is 12.1 Å². The van der Waals surface area contributed by atoms with Gasteiger partial charge in [-0.3, -0.25) is 0 Å². The van der Waals surface area contributed by atoms with Crippen LogP contribution in [0.3, 0.4) is 0 Å². The summed E-state index contributed by atoms with van der Waals surface area (Å²) in [6.07, 6.45) is 0.853. The molecular formula is C15H13BrFNO. The third-order valence-corrected chi connectivity index (χ3v) is 3.81. The Labute approximate surface area is 119 Å². The van der Waals surface area contributed by atoms with Crippen molar-refractivity contribution in [1.82, 2.24) is 0 Å². The molecule has 4 heteroatoms. The molecule has 1 aliphatic rings. The molecule has 0 spiro atoms. The molecular weight excluding hydrogens is 309 g/mol. The van der Waals surface area contributed by atoms with Crippen molar-refractivity contribution < 1.29 is 9.13 Å². The van der Waals surface area contributed by atoms with E-state index >= 15 is 0 Å². The normalized spacial score (nSPS) is 13.2. The van der Waals surface area contributed by atoms with Crippen LogP contribution in [0.2, 0.25) is 0 Å². The lowest BCUT2D eigenvalue weighted by atomic mass is 9.98. The molecule has 0 aromatic heterocycles. The third kappa shape index (κ3) is 2.26. The second-order valence-corrected chi connectivity index (χ2v) is 5.47. The van der Waals surface area contributed by atoms with E-state index in [0.717, 1.165) is 33.3 Å². The van der Waals surface area contributed by atoms with E-state index in [1.165, 1.54) is 6.07 Å². The van der Waals surface area contributed by atoms with Gasteiger partial charge < -0.3 is 10.5 Å². The van der Waals surface area contributed by atoms with Crippen LogP contribution in [0, 0.1) is 5.82 Å². The number of halogens is 2. The van der Waals surface area contributed by atoms with Crippen LogP contribution in [-0.4, -0.2) is 6.61 Å². The van der Waals surface area contributed by atoms with Gasteiger partial charge in [-0.05, 0) is 41.5 Å². The van der Waals surface area contributed by atoms with Crippen LogP contribution in [0.15, 0.2) is 34.8 Å². The van der Waals surface area contributed by atoms with Crippen molar-refractivity contribution in [2.24, 2.45) is 5.73 Å². The lowest BCUT2D eigenvalue weighted by Crippen LogP contribution is -2.00. The topological polar surface area (TPSA) is 35.2 Å². The van der Waals surface area contributed by atoms with Gasteiger partial charge >= 0.3 is 0 Å². The fourth-order valence-corrected chi connectivity index (χ4v) is 2.78. The van der Waals surface area contributed by atoms with Crippen molar-refractivity contribution in [3.8, 4) is 16.9 Å². The van der Waals surface area contributed by atoms with E-state index in [9.17, 15) is 4.39 Å². The second-order valence-electron chi connectivity index (χ2n) is 4.55. The number of hydrogen-bond acceptors (Lipinski definition) is 2. The molecule has 98 valence electrons. The first kappa shape index (κ1) is 12.6. The Morgan fingerprint density at radius 2 is 2.11 bits per heavy atom. The molecule has 0 saturated heterocycles. The average Bonchev–Trinajstić information content (AvgIpc) is 2.88. The highest BCUT2D eigenvalue weighted by atomic mass is 79.9. The molecule has 0 bridgehead atoms. The summed E-state index contributed by atoms with van der Waals surface area (Å²) < 4.78 is 20.4. The molecule has 1 heterocycles. The number of rotatable bonds is 2. The molecule has 2 N–H and O–H groups in total. The molecule has 0 radical (unpaired) electrons. The lowest BCUT2D eigenvalue weighted by molar-refractivity contribution is 0.353. The van der Waals surface area contributed by atoms with Gasteiger partial charge in [0.25, 0.3) is 0 Å². The summed E-state index contributed by atoms with van der Waals surface area (Å²) in [7, 11) is 0. The Morgan fingerprint density at radius 1 is 1.26 bits per heavy atom. The van der Waals surface area contributed by atoms with E-state index in [2.05, 4.69) is 15.9 Å². The first-order valence-corrected chi connectivity index (χ1v) is 6.92. The third-order valence-electron chi connectivity index (χ3n) is 3.32. The zero-order chi connectivity index (χ0) is 13.4. The molecule has 3 rings (SSSR count). The van der Waals surface area contributed by atoms with Crippen LogP contribution < -0.4 is 10.5 Å². The van der Waals surface area contributed by atoms with Crippen molar-refractivity contribution in [2.75, 3.05) is 6.61 Å². The predicted molar refractivity (Wildman–Crippen MR) is 76.6 cm³/mol. The van der Waals surface area contributed by atoms with Gasteiger partial charge in [-0.1, -0.05) is 15.9 Å². The lowest BCUT2D eigenvalue weighted by Gasteiger charge is -2.11. The van der Waals surface area contributed by atoms with Gasteiger partial charge in [0.05, 0.1) is 6.61 Å². The molecule has 0 aliphatic carbocycles. The minimum Gasteiger partial charge on any atom is -0.493 e. The smallest absolute Gasteiger partial charge is 0.131 e. The standard InChI is InChI=1S/C15H13BrFNO/c16-12-1-2-14(17)13(7-12)10-5-9-3-4-19-15(9)11(6-10)8-18/h1-2,5-7H,3-4,8,18H2. The Hall–Kier alpha value is -1.39. The highest BCUT2D eigenvalue weighted by Gasteiger charge is 2.18. The van der Waals surface area contributed by atoms with E-state index < -0.39 is 0 Å². The van der Waals surface area contributed by atoms with Gasteiger partial charge in [0.2, 0.25) is 0 Å². The Balaban J connectivity index is 2.18. The number of ether oxygens (including phenoxy) is 1. The predicted octanol–water partition coefficient (Wildman–Crippen LogP) is 3.65. The minimum atomic E-state index is -0.231. The fourth-order valence-electron chi connectivity index (χ4n) is 2.41. The summed E-state index contributed by atoms with van der Waals surface area (Å²) in [4.78, 5) is 0. The summed E-state index contributed by atoms with van der Waals surface area (Å²) in [6, 6.07) is 8.85. The maximum atomic E-state index is 14.0. The molecule has 0 unspecified atom stereocenters. The molecule has 2 nitrogen and oxygen atoms in total. The van der Waals surface area contributed by atoms with Gasteiger partial charge in [-0.25, -0.2) is 4.39 Å². The van der Waals surface area contributed by atoms with Crippen molar-refractivity contribution in [1.29, 1.82) is 0 Å². The van der Waals surface area contributed by atoms with Gasteiger partial charge in [-0.15, -0.1) is 0 Å². The van der Waals surface area contributed by atoms with Crippen molar-refractivity contribution >= 4 is 15.9 Å². The fraction of sp³-hybridized carbons (Fsp3) is 0.200. The summed E-state index contributed by atoms with van der Waals surface area (Å²) in [5.74, 6) is 0.645. The van der Waals surface area contributed by atoms with Crippen molar-refractivity contribution in [3.05, 3.63) is 51.7 Å². The Bertz CT molecular complexity index is 642. The van der Waals surface area contributed by atoms with E-state index in [1.807, 2.05) is 12.1 Å². The van der Waals surface area contributed by atoms with Gasteiger partial charge in [0.15, 0.2) is 0 Å². The molecule has 0 saturated carbocycles. The number of hydrogen-bond donors (Lipinski definition) is 1. The van der Waals surface area contributed by atoms with Crippen molar-refractivity contribution in [2.45, 2.75) is 13.0 Å². The van der Waals surface area contributed by atoms with E-state index in [4.69, 9.17) is 10.5 Å². The van der Waals surface area contributed by atoms with Gasteiger partial charge in [0, 0.05) is 28.6 Å². The maximum absolute atomic E-state index is 14.0. The highest BCUT2D eigenvalue weighted by molar-refractivity contribution is 9.10. The minimum absolute atomic E-state index is 0.231. The summed E-state index contributed by atoms with van der Waals surface area (Å²) >= 11 is 3.38. The van der Waals surface area contributed by atoms with Crippen LogP contribution in [0.5, 0.6) is 5.75 Å². The van der Waals surface area contributed by atoms with E-state index in [-0.39, 0.29) is 5.82 Å². The van der Waals surface area contributed by atoms with E-state index in [0.29, 0.717) is 18.7 Å². The SMILES string of the molecule is NCc1cc(-c2cc(Br)ccc2F)cc2c1OCC2. The summed E-state index contributed by atoms with van der Waals surface area (Å²) in [5, 5.41) is 0. The molecule has 0 fully saturated rings. The average molecular weight is 322 g/mol. The number of nitrogens with two attached hydrogens (primary N) is 1. The Kier molecular flexibility index (Phi) is 3.29. The first-order valence-electron chi connectivity index (χ1n) is 6.13. The summed E-state index contributed by atoms with van der Waals surface area (Å²) in [5.41, 5.74) is 9.23. The molecule has 0 atom stereocenters. The van der Waals surface area contributed by atoms with Crippen LogP contribution >= 0.6 is 15.9 Å². The largest absolute Gasteiger partial charge is 0.493 e. The Morgan fingerprint density at radius 3 is 2.89 bits per heavy atom. The first-order chi connectivity index (χ1) is 9.19. The monoisotopic (exact) mass is 321 g/mol. The molecule has 1 aliphatic heterocycles. The number of benzene rings is 2. The molecule has 19 heavy (non-hydrogen) atoms. The van der Waals surface area contributed by atoms with Crippen LogP contribution in [0.4, 0.5) is 4.39 Å². The summed E-state index contributed by atoms with van der Waals surface area (Å²) in [6.45, 7) is 1.07. The van der Waals surface area contributed by atoms with Crippen LogP contribution in [-0.2, 0) is 13.0 Å². The molecule has 2 aromatic rings. The van der Waals surface area contributed by atoms with Gasteiger partial charge in [-0.2, -0.15) is 0 Å². The van der Waals surface area contributed by atoms with Crippen LogP contribution in [0.25, 0.3) is 11.1 Å².